The summed E-state index contributed by atoms with van der Waals surface area (Å²) in [6.45, 7) is 6.79. The lowest BCUT2D eigenvalue weighted by Crippen LogP contribution is -2.24. The van der Waals surface area contributed by atoms with Crippen molar-refractivity contribution in [3.8, 4) is 0 Å². The van der Waals surface area contributed by atoms with E-state index in [1.54, 1.807) is 37.7 Å². The van der Waals surface area contributed by atoms with E-state index >= 15 is 0 Å². The summed E-state index contributed by atoms with van der Waals surface area (Å²) in [6, 6.07) is 12.0. The van der Waals surface area contributed by atoms with Gasteiger partial charge >= 0.3 is 12.1 Å². The predicted octanol–water partition coefficient (Wildman–Crippen LogP) is 8.17. The van der Waals surface area contributed by atoms with Crippen LogP contribution in [-0.4, -0.2) is 25.5 Å². The molecule has 0 atom stereocenters. The number of halogens is 5. The van der Waals surface area contributed by atoms with E-state index in [-0.39, 0.29) is 27.8 Å². The van der Waals surface area contributed by atoms with Crippen LogP contribution in [0.2, 0.25) is 10.2 Å². The molecule has 0 N–H and O–H groups in total. The molecule has 37 heavy (non-hydrogen) atoms. The Kier molecular flexibility index (Phi) is 7.52. The number of carbonyl (C=O) groups excluding carboxylic acids is 1. The second-order valence-electron chi connectivity index (χ2n) is 9.33. The summed E-state index contributed by atoms with van der Waals surface area (Å²) in [5.41, 5.74) is -0.199. The number of hydrogen-bond acceptors (Lipinski definition) is 5. The largest absolute Gasteiger partial charge is 0.456 e. The van der Waals surface area contributed by atoms with E-state index in [4.69, 9.17) is 27.9 Å². The topological polar surface area (TPSA) is 57.0 Å². The van der Waals surface area contributed by atoms with Crippen molar-refractivity contribution in [3.63, 3.8) is 0 Å². The number of aryl methyl sites for hydroxylation is 1. The Morgan fingerprint density at radius 2 is 1.78 bits per heavy atom. The van der Waals surface area contributed by atoms with Gasteiger partial charge in [-0.1, -0.05) is 41.4 Å². The van der Waals surface area contributed by atoms with Gasteiger partial charge in [-0.15, -0.1) is 0 Å². The molecular weight excluding hydrogens is 546 g/mol. The molecule has 0 unspecified atom stereocenters. The van der Waals surface area contributed by atoms with Crippen molar-refractivity contribution in [1.29, 1.82) is 0 Å². The van der Waals surface area contributed by atoms with E-state index in [9.17, 15) is 18.0 Å². The summed E-state index contributed by atoms with van der Waals surface area (Å²) >= 11 is 14.2. The number of hydrogen-bond donors (Lipinski definition) is 0. The first-order valence-corrected chi connectivity index (χ1v) is 12.7. The lowest BCUT2D eigenvalue weighted by molar-refractivity contribution is -0.141. The summed E-state index contributed by atoms with van der Waals surface area (Å²) in [4.78, 5) is 21.6. The molecule has 0 aliphatic carbocycles. The van der Waals surface area contributed by atoms with Crippen LogP contribution in [0.4, 0.5) is 13.2 Å². The summed E-state index contributed by atoms with van der Waals surface area (Å²) in [5.74, 6) is -0.658. The molecule has 1 aromatic carbocycles. The van der Waals surface area contributed by atoms with Gasteiger partial charge in [0, 0.05) is 34.2 Å². The summed E-state index contributed by atoms with van der Waals surface area (Å²) in [5, 5.41) is 0.686. The van der Waals surface area contributed by atoms with E-state index in [0.717, 1.165) is 11.0 Å². The number of benzene rings is 1. The molecule has 4 aromatic rings. The zero-order valence-corrected chi connectivity index (χ0v) is 22.6. The van der Waals surface area contributed by atoms with Crippen molar-refractivity contribution in [2.24, 2.45) is 0 Å². The second kappa shape index (κ2) is 10.2. The van der Waals surface area contributed by atoms with Crippen molar-refractivity contribution in [2.45, 2.75) is 50.8 Å². The Bertz CT molecular complexity index is 1480. The number of pyridine rings is 2. The van der Waals surface area contributed by atoms with Crippen LogP contribution < -0.4 is 0 Å². The molecule has 3 heterocycles. The van der Waals surface area contributed by atoms with Crippen LogP contribution in [0.5, 0.6) is 0 Å². The van der Waals surface area contributed by atoms with E-state index in [1.807, 2.05) is 30.3 Å². The number of fused-ring (bicyclic) bond motifs is 1. The van der Waals surface area contributed by atoms with Crippen LogP contribution in [-0.2, 0) is 17.3 Å². The summed E-state index contributed by atoms with van der Waals surface area (Å²) < 4.78 is 47.8. The molecular formula is C26H22Cl2F3N3O2S. The van der Waals surface area contributed by atoms with E-state index in [0.29, 0.717) is 22.2 Å². The van der Waals surface area contributed by atoms with Crippen molar-refractivity contribution in [3.05, 3.63) is 86.9 Å². The van der Waals surface area contributed by atoms with Crippen LogP contribution in [0.1, 0.15) is 53.6 Å². The van der Waals surface area contributed by atoms with Gasteiger partial charge in [-0.2, -0.15) is 13.2 Å². The third-order valence-electron chi connectivity index (χ3n) is 5.27. The smallest absolute Gasteiger partial charge is 0.433 e. The van der Waals surface area contributed by atoms with Gasteiger partial charge in [0.05, 0.1) is 10.6 Å². The van der Waals surface area contributed by atoms with Crippen LogP contribution in [0.15, 0.2) is 53.6 Å². The lowest BCUT2D eigenvalue weighted by atomic mass is 10.1. The Morgan fingerprint density at radius 1 is 1.11 bits per heavy atom. The van der Waals surface area contributed by atoms with E-state index in [1.165, 1.54) is 18.1 Å². The molecule has 4 rings (SSSR count). The first kappa shape index (κ1) is 27.3. The van der Waals surface area contributed by atoms with Gasteiger partial charge in [0.2, 0.25) is 0 Å². The molecule has 0 spiro atoms. The fourth-order valence-electron chi connectivity index (χ4n) is 3.63. The van der Waals surface area contributed by atoms with Crippen LogP contribution in [0.25, 0.3) is 11.0 Å². The van der Waals surface area contributed by atoms with E-state index in [2.05, 4.69) is 9.97 Å². The molecule has 0 amide bonds. The lowest BCUT2D eigenvalue weighted by Gasteiger charge is -2.20. The number of ether oxygens (including phenoxy) is 1. The molecule has 11 heteroatoms. The summed E-state index contributed by atoms with van der Waals surface area (Å²) in [6.07, 6.45) is -3.28. The quantitative estimate of drug-likeness (QED) is 0.180. The van der Waals surface area contributed by atoms with Crippen molar-refractivity contribution >= 4 is 52.2 Å². The highest BCUT2D eigenvalue weighted by Gasteiger charge is 2.34. The van der Waals surface area contributed by atoms with Crippen molar-refractivity contribution < 1.29 is 22.7 Å². The first-order chi connectivity index (χ1) is 17.2. The highest BCUT2D eigenvalue weighted by molar-refractivity contribution is 7.98. The Labute approximate surface area is 226 Å². The second-order valence-corrected chi connectivity index (χ2v) is 11.1. The number of nitrogens with zero attached hydrogens (tertiary/aromatic N) is 3. The average molecular weight is 568 g/mol. The maximum absolute atomic E-state index is 13.6. The molecule has 5 nitrogen and oxygen atoms in total. The van der Waals surface area contributed by atoms with Gasteiger partial charge < -0.3 is 4.74 Å². The highest BCUT2D eigenvalue weighted by atomic mass is 35.5. The van der Waals surface area contributed by atoms with Gasteiger partial charge in [0.25, 0.3) is 0 Å². The Balaban J connectivity index is 1.87. The molecule has 0 fully saturated rings. The van der Waals surface area contributed by atoms with Gasteiger partial charge in [-0.3, -0.25) is 3.97 Å². The molecule has 194 valence electrons. The standard InChI is InChI=1S/C26H22Cl2F3N3O2S/c1-14-10-20(26(29,30)31)33-23-17(14)11-15(34(23)37-16-8-6-5-7-9-16)12-18-21(27)19(13-32-22(18)28)24(35)36-25(2,3)4/h5-11,13H,12H2,1-4H3. The Hall–Kier alpha value is -2.75. The zero-order chi connectivity index (χ0) is 27.1. The number of esters is 1. The summed E-state index contributed by atoms with van der Waals surface area (Å²) in [7, 11) is 0. The molecule has 0 aliphatic rings. The molecule has 0 radical (unpaired) electrons. The number of alkyl halides is 3. The van der Waals surface area contributed by atoms with Gasteiger partial charge in [-0.05, 0) is 69.5 Å². The highest BCUT2D eigenvalue weighted by Crippen LogP contribution is 2.37. The maximum atomic E-state index is 13.6. The fraction of sp³-hybridized carbons (Fsp3) is 0.269. The minimum Gasteiger partial charge on any atom is -0.456 e. The number of carbonyl (C=O) groups is 1. The fourth-order valence-corrected chi connectivity index (χ4v) is 5.12. The Morgan fingerprint density at radius 3 is 2.41 bits per heavy atom. The monoisotopic (exact) mass is 567 g/mol. The van der Waals surface area contributed by atoms with Gasteiger partial charge in [0.1, 0.15) is 16.4 Å². The number of rotatable bonds is 5. The van der Waals surface area contributed by atoms with Crippen LogP contribution in [0.3, 0.4) is 0 Å². The minimum atomic E-state index is -4.61. The number of aromatic nitrogens is 3. The van der Waals surface area contributed by atoms with Crippen molar-refractivity contribution in [1.82, 2.24) is 13.9 Å². The van der Waals surface area contributed by atoms with Crippen LogP contribution >= 0.6 is 35.1 Å². The van der Waals surface area contributed by atoms with Gasteiger partial charge in [0.15, 0.2) is 5.65 Å². The van der Waals surface area contributed by atoms with Crippen molar-refractivity contribution in [2.75, 3.05) is 0 Å². The van der Waals surface area contributed by atoms with Gasteiger partial charge in [-0.25, -0.2) is 14.8 Å². The zero-order valence-electron chi connectivity index (χ0n) is 20.3. The molecule has 0 aliphatic heterocycles. The molecule has 0 bridgehead atoms. The first-order valence-electron chi connectivity index (χ1n) is 11.1. The third-order valence-corrected chi connectivity index (χ3v) is 7.10. The maximum Gasteiger partial charge on any atom is 0.433 e. The van der Waals surface area contributed by atoms with E-state index < -0.39 is 23.4 Å². The molecule has 3 aromatic heterocycles. The predicted molar refractivity (Wildman–Crippen MR) is 139 cm³/mol. The molecule has 0 saturated heterocycles. The average Bonchev–Trinajstić information content (AvgIpc) is 3.13. The third kappa shape index (κ3) is 6.05. The SMILES string of the molecule is Cc1cc(C(F)(F)F)nc2c1cc(Cc1c(Cl)ncc(C(=O)OC(C)(C)C)c1Cl)n2Sc1ccccc1. The minimum absolute atomic E-state index is 0.0445. The van der Waals surface area contributed by atoms with Crippen LogP contribution in [0, 0.1) is 6.92 Å². The molecule has 0 saturated carbocycles. The normalized spacial score (nSPS) is 12.2.